The Morgan fingerprint density at radius 3 is 2.74 bits per heavy atom. The predicted octanol–water partition coefficient (Wildman–Crippen LogP) is 3.31. The van der Waals surface area contributed by atoms with E-state index in [0.29, 0.717) is 10.7 Å². The van der Waals surface area contributed by atoms with Crippen molar-refractivity contribution in [2.75, 3.05) is 28.2 Å². The van der Waals surface area contributed by atoms with Gasteiger partial charge in [-0.05, 0) is 56.0 Å². The maximum absolute atomic E-state index is 13.0. The third-order valence-electron chi connectivity index (χ3n) is 4.99. The van der Waals surface area contributed by atoms with Crippen LogP contribution in [-0.4, -0.2) is 35.9 Å². The Morgan fingerprint density at radius 2 is 2.00 bits per heavy atom. The van der Waals surface area contributed by atoms with Crippen LogP contribution >= 0.6 is 11.6 Å². The number of carbonyl (C=O) groups excluding carboxylic acids is 2. The van der Waals surface area contributed by atoms with Gasteiger partial charge in [-0.2, -0.15) is 0 Å². The molecule has 6 nitrogen and oxygen atoms in total. The van der Waals surface area contributed by atoms with E-state index in [0.717, 1.165) is 42.0 Å². The molecule has 0 saturated carbocycles. The molecule has 1 fully saturated rings. The molecule has 140 valence electrons. The summed E-state index contributed by atoms with van der Waals surface area (Å²) in [7, 11) is 0. The van der Waals surface area contributed by atoms with Gasteiger partial charge < -0.3 is 10.2 Å². The van der Waals surface area contributed by atoms with Crippen molar-refractivity contribution in [1.82, 2.24) is 4.98 Å². The number of hydrogen-bond donors (Lipinski definition) is 1. The molecule has 4 rings (SSSR count). The van der Waals surface area contributed by atoms with Gasteiger partial charge in [-0.15, -0.1) is 0 Å². The van der Waals surface area contributed by atoms with Gasteiger partial charge in [-0.25, -0.2) is 4.98 Å². The zero-order valence-corrected chi connectivity index (χ0v) is 16.1. The minimum absolute atomic E-state index is 0.0643. The summed E-state index contributed by atoms with van der Waals surface area (Å²) in [5.41, 5.74) is 3.47. The Bertz CT molecular complexity index is 910. The number of nitrogens with one attached hydrogen (secondary N) is 1. The Hall–Kier alpha value is -2.60. The van der Waals surface area contributed by atoms with Crippen LogP contribution in [0, 0.1) is 13.8 Å². The number of rotatable bonds is 3. The molecule has 27 heavy (non-hydrogen) atoms. The van der Waals surface area contributed by atoms with Crippen LogP contribution in [0.25, 0.3) is 0 Å². The number of pyridine rings is 1. The number of benzene rings is 1. The number of carbonyl (C=O) groups is 2. The van der Waals surface area contributed by atoms with Crippen LogP contribution in [0.3, 0.4) is 0 Å². The van der Waals surface area contributed by atoms with E-state index in [-0.39, 0.29) is 24.4 Å². The fourth-order valence-corrected chi connectivity index (χ4v) is 4.12. The molecule has 1 aromatic heterocycles. The number of aryl methyl sites for hydroxylation is 2. The van der Waals surface area contributed by atoms with E-state index in [1.807, 2.05) is 36.9 Å². The van der Waals surface area contributed by atoms with Gasteiger partial charge in [0.2, 0.25) is 11.8 Å². The van der Waals surface area contributed by atoms with E-state index < -0.39 is 0 Å². The third-order valence-corrected chi connectivity index (χ3v) is 5.19. The molecule has 1 aromatic carbocycles. The molecule has 0 bridgehead atoms. The highest BCUT2D eigenvalue weighted by molar-refractivity contribution is 6.31. The van der Waals surface area contributed by atoms with Crippen LogP contribution in [-0.2, 0) is 9.59 Å². The highest BCUT2D eigenvalue weighted by Crippen LogP contribution is 2.39. The normalized spacial score (nSPS) is 18.3. The van der Waals surface area contributed by atoms with Gasteiger partial charge in [0.05, 0.1) is 10.7 Å². The topological polar surface area (TPSA) is 65.5 Å². The van der Waals surface area contributed by atoms with Gasteiger partial charge in [0.15, 0.2) is 5.82 Å². The van der Waals surface area contributed by atoms with Crippen molar-refractivity contribution in [3.63, 3.8) is 0 Å². The Balaban J connectivity index is 1.61. The first-order valence-electron chi connectivity index (χ1n) is 9.04. The van der Waals surface area contributed by atoms with Crippen LogP contribution in [0.4, 0.5) is 17.2 Å². The van der Waals surface area contributed by atoms with Gasteiger partial charge >= 0.3 is 0 Å². The van der Waals surface area contributed by atoms with Crippen LogP contribution in [0.5, 0.6) is 0 Å². The number of nitrogens with zero attached hydrogens (tertiary/aromatic N) is 3. The smallest absolute Gasteiger partial charge is 0.250 e. The van der Waals surface area contributed by atoms with Gasteiger partial charge in [-0.3, -0.25) is 14.5 Å². The van der Waals surface area contributed by atoms with E-state index in [1.165, 1.54) is 4.90 Å². The van der Waals surface area contributed by atoms with Crippen molar-refractivity contribution in [3.05, 3.63) is 46.6 Å². The molecule has 0 unspecified atom stereocenters. The molecule has 2 aromatic rings. The molecule has 0 aliphatic carbocycles. The number of hydrogen-bond acceptors (Lipinski definition) is 4. The van der Waals surface area contributed by atoms with Crippen LogP contribution in [0.2, 0.25) is 5.02 Å². The molecule has 2 amide bonds. The first-order valence-corrected chi connectivity index (χ1v) is 9.42. The Kier molecular flexibility index (Phi) is 4.52. The number of aromatic nitrogens is 1. The van der Waals surface area contributed by atoms with Crippen LogP contribution in [0.15, 0.2) is 30.5 Å². The summed E-state index contributed by atoms with van der Waals surface area (Å²) in [5, 5.41) is 3.34. The van der Waals surface area contributed by atoms with Crippen LogP contribution < -0.4 is 15.1 Å². The lowest BCUT2D eigenvalue weighted by molar-refractivity contribution is -0.122. The van der Waals surface area contributed by atoms with E-state index in [9.17, 15) is 9.59 Å². The molecule has 2 aliphatic heterocycles. The van der Waals surface area contributed by atoms with Gasteiger partial charge in [0.25, 0.3) is 0 Å². The lowest BCUT2D eigenvalue weighted by Crippen LogP contribution is -2.53. The average molecular weight is 385 g/mol. The first kappa shape index (κ1) is 17.8. The molecule has 1 N–H and O–H groups in total. The van der Waals surface area contributed by atoms with Crippen molar-refractivity contribution >= 4 is 40.6 Å². The molecule has 1 atom stereocenters. The fraction of sp³-hybridized carbons (Fsp3) is 0.350. The van der Waals surface area contributed by atoms with E-state index in [1.54, 1.807) is 12.3 Å². The number of halogens is 1. The number of amides is 2. The van der Waals surface area contributed by atoms with Gasteiger partial charge in [-0.1, -0.05) is 17.7 Å². The van der Waals surface area contributed by atoms with Gasteiger partial charge in [0, 0.05) is 18.4 Å². The summed E-state index contributed by atoms with van der Waals surface area (Å²) in [6.45, 7) is 4.69. The summed E-state index contributed by atoms with van der Waals surface area (Å²) >= 11 is 6.11. The largest absolute Gasteiger partial charge is 0.343 e. The Morgan fingerprint density at radius 1 is 1.26 bits per heavy atom. The summed E-state index contributed by atoms with van der Waals surface area (Å²) < 4.78 is 0. The second-order valence-electron chi connectivity index (χ2n) is 7.20. The monoisotopic (exact) mass is 384 g/mol. The van der Waals surface area contributed by atoms with Crippen molar-refractivity contribution in [2.24, 2.45) is 0 Å². The molecule has 1 saturated heterocycles. The minimum Gasteiger partial charge on any atom is -0.343 e. The zero-order valence-electron chi connectivity index (χ0n) is 15.3. The third kappa shape index (κ3) is 3.37. The zero-order chi connectivity index (χ0) is 19.1. The van der Waals surface area contributed by atoms with E-state index in [2.05, 4.69) is 10.3 Å². The maximum atomic E-state index is 13.0. The summed E-state index contributed by atoms with van der Waals surface area (Å²) in [5.74, 6) is 0.408. The van der Waals surface area contributed by atoms with Crippen LogP contribution in [0.1, 0.15) is 24.0 Å². The predicted molar refractivity (Wildman–Crippen MR) is 107 cm³/mol. The van der Waals surface area contributed by atoms with E-state index in [4.69, 9.17) is 11.6 Å². The molecular formula is C20H21ClN4O2. The highest BCUT2D eigenvalue weighted by atomic mass is 35.5. The van der Waals surface area contributed by atoms with Crippen molar-refractivity contribution < 1.29 is 9.59 Å². The highest BCUT2D eigenvalue weighted by Gasteiger charge is 2.42. The molecule has 7 heteroatoms. The first-order chi connectivity index (χ1) is 12.9. The van der Waals surface area contributed by atoms with Crippen molar-refractivity contribution in [2.45, 2.75) is 32.7 Å². The number of anilines is 3. The SMILES string of the molecule is Cc1cc(C)cc(NC(=O)CN2C(=O)[C@H]3CCCN3c3ncc(Cl)cc32)c1. The molecular weight excluding hydrogens is 364 g/mol. The average Bonchev–Trinajstić information content (AvgIpc) is 3.07. The maximum Gasteiger partial charge on any atom is 0.250 e. The van der Waals surface area contributed by atoms with E-state index >= 15 is 0 Å². The summed E-state index contributed by atoms with van der Waals surface area (Å²) in [6.07, 6.45) is 3.29. The fourth-order valence-electron chi connectivity index (χ4n) is 3.97. The minimum atomic E-state index is -0.250. The summed E-state index contributed by atoms with van der Waals surface area (Å²) in [4.78, 5) is 33.6. The molecule has 2 aliphatic rings. The second kappa shape index (κ2) is 6.85. The lowest BCUT2D eigenvalue weighted by atomic mass is 10.1. The molecule has 0 spiro atoms. The summed E-state index contributed by atoms with van der Waals surface area (Å²) in [6, 6.07) is 7.32. The van der Waals surface area contributed by atoms with Crippen molar-refractivity contribution in [1.29, 1.82) is 0 Å². The van der Waals surface area contributed by atoms with Gasteiger partial charge in [0.1, 0.15) is 12.6 Å². The Labute approximate surface area is 163 Å². The molecule has 3 heterocycles. The van der Waals surface area contributed by atoms with Crippen molar-refractivity contribution in [3.8, 4) is 0 Å². The second-order valence-corrected chi connectivity index (χ2v) is 7.63. The standard InChI is InChI=1S/C20H21ClN4O2/c1-12-6-13(2)8-15(7-12)23-18(26)11-25-17-9-14(21)10-22-19(17)24-5-3-4-16(24)20(25)27/h6-10,16H,3-5,11H2,1-2H3,(H,23,26)/t16-/m1/s1. The molecule has 0 radical (unpaired) electrons. The lowest BCUT2D eigenvalue weighted by Gasteiger charge is -2.38. The quantitative estimate of drug-likeness (QED) is 0.881. The number of fused-ring (bicyclic) bond motifs is 3.